The third-order valence-corrected chi connectivity index (χ3v) is 2.62. The van der Waals surface area contributed by atoms with Crippen LogP contribution in [-0.4, -0.2) is 13.1 Å². The van der Waals surface area contributed by atoms with Crippen LogP contribution in [0.4, 0.5) is 4.39 Å². The zero-order valence-electron chi connectivity index (χ0n) is 10.5. The molecule has 0 saturated heterocycles. The molecule has 0 aliphatic rings. The summed E-state index contributed by atoms with van der Waals surface area (Å²) in [6.07, 6.45) is 1.36. The average Bonchev–Trinajstić information content (AvgIpc) is 2.89. The van der Waals surface area contributed by atoms with Crippen LogP contribution < -0.4 is 5.32 Å². The van der Waals surface area contributed by atoms with Gasteiger partial charge in [0.1, 0.15) is 17.8 Å². The van der Waals surface area contributed by atoms with Crippen molar-refractivity contribution in [2.24, 2.45) is 0 Å². The van der Waals surface area contributed by atoms with Gasteiger partial charge in [-0.1, -0.05) is 12.1 Å². The lowest BCUT2D eigenvalue weighted by atomic mass is 10.2. The highest BCUT2D eigenvalue weighted by Crippen LogP contribution is 2.09. The maximum absolute atomic E-state index is 12.7. The third kappa shape index (κ3) is 3.66. The lowest BCUT2D eigenvalue weighted by molar-refractivity contribution is 0.0600. The molecule has 0 bridgehead atoms. The van der Waals surface area contributed by atoms with E-state index in [1.54, 1.807) is 18.2 Å². The Morgan fingerprint density at radius 1 is 1.32 bits per heavy atom. The summed E-state index contributed by atoms with van der Waals surface area (Å²) in [6, 6.07) is 7.89. The molecule has 2 aromatic rings. The number of methoxy groups -OCH3 is 1. The Hall–Kier alpha value is -2.14. The van der Waals surface area contributed by atoms with Crippen LogP contribution in [0.1, 0.15) is 21.7 Å². The van der Waals surface area contributed by atoms with Crippen LogP contribution in [0, 0.1) is 5.82 Å². The zero-order chi connectivity index (χ0) is 13.7. The van der Waals surface area contributed by atoms with Crippen molar-refractivity contribution < 1.29 is 18.3 Å². The number of esters is 1. The van der Waals surface area contributed by atoms with Crippen LogP contribution in [0.2, 0.25) is 0 Å². The fourth-order valence-electron chi connectivity index (χ4n) is 1.63. The third-order valence-electron chi connectivity index (χ3n) is 2.62. The first-order valence-corrected chi connectivity index (χ1v) is 5.80. The minimum atomic E-state index is -0.423. The number of ether oxygens (including phenoxy) is 1. The molecule has 1 aromatic carbocycles. The van der Waals surface area contributed by atoms with E-state index in [-0.39, 0.29) is 5.82 Å². The van der Waals surface area contributed by atoms with E-state index < -0.39 is 5.97 Å². The standard InChI is InChI=1S/C14H14FNO3/c1-18-14(17)11-6-13(19-9-11)8-16-7-10-2-4-12(15)5-3-10/h2-6,9,16H,7-8H2,1H3. The van der Waals surface area contributed by atoms with Crippen molar-refractivity contribution in [3.05, 3.63) is 59.3 Å². The van der Waals surface area contributed by atoms with Gasteiger partial charge in [0.15, 0.2) is 0 Å². The van der Waals surface area contributed by atoms with Crippen LogP contribution in [0.25, 0.3) is 0 Å². The van der Waals surface area contributed by atoms with Crippen LogP contribution in [0.15, 0.2) is 41.0 Å². The first kappa shape index (κ1) is 13.3. The van der Waals surface area contributed by atoms with Crippen LogP contribution in [0.5, 0.6) is 0 Å². The van der Waals surface area contributed by atoms with E-state index in [1.165, 1.54) is 25.5 Å². The van der Waals surface area contributed by atoms with E-state index >= 15 is 0 Å². The van der Waals surface area contributed by atoms with E-state index in [4.69, 9.17) is 4.42 Å². The molecular weight excluding hydrogens is 249 g/mol. The smallest absolute Gasteiger partial charge is 0.341 e. The molecule has 0 saturated carbocycles. The molecule has 19 heavy (non-hydrogen) atoms. The van der Waals surface area contributed by atoms with Crippen molar-refractivity contribution in [2.45, 2.75) is 13.1 Å². The predicted octanol–water partition coefficient (Wildman–Crippen LogP) is 2.50. The average molecular weight is 263 g/mol. The molecule has 1 heterocycles. The molecule has 4 nitrogen and oxygen atoms in total. The number of hydrogen-bond acceptors (Lipinski definition) is 4. The molecule has 1 N–H and O–H groups in total. The van der Waals surface area contributed by atoms with E-state index in [9.17, 15) is 9.18 Å². The minimum Gasteiger partial charge on any atom is -0.467 e. The summed E-state index contributed by atoms with van der Waals surface area (Å²) < 4.78 is 22.5. The van der Waals surface area contributed by atoms with Crippen molar-refractivity contribution in [2.75, 3.05) is 7.11 Å². The second-order valence-electron chi connectivity index (χ2n) is 4.02. The molecule has 0 aliphatic heterocycles. The molecule has 100 valence electrons. The van der Waals surface area contributed by atoms with E-state index in [2.05, 4.69) is 10.1 Å². The van der Waals surface area contributed by atoms with Crippen molar-refractivity contribution >= 4 is 5.97 Å². The fraction of sp³-hybridized carbons (Fsp3) is 0.214. The van der Waals surface area contributed by atoms with Gasteiger partial charge < -0.3 is 14.5 Å². The van der Waals surface area contributed by atoms with Crippen molar-refractivity contribution in [1.82, 2.24) is 5.32 Å². The first-order valence-electron chi connectivity index (χ1n) is 5.80. The Morgan fingerprint density at radius 3 is 2.74 bits per heavy atom. The molecule has 0 radical (unpaired) electrons. The lowest BCUT2D eigenvalue weighted by Gasteiger charge is -2.02. The maximum atomic E-state index is 12.7. The molecule has 0 aliphatic carbocycles. The van der Waals surface area contributed by atoms with Gasteiger partial charge in [-0.05, 0) is 23.8 Å². The molecule has 0 spiro atoms. The molecule has 0 atom stereocenters. The zero-order valence-corrected chi connectivity index (χ0v) is 10.5. The molecule has 2 rings (SSSR count). The Bertz CT molecular complexity index is 548. The summed E-state index contributed by atoms with van der Waals surface area (Å²) in [4.78, 5) is 11.2. The van der Waals surface area contributed by atoms with Crippen LogP contribution in [0.3, 0.4) is 0 Å². The second kappa shape index (κ2) is 6.15. The predicted molar refractivity (Wildman–Crippen MR) is 67.0 cm³/mol. The Morgan fingerprint density at radius 2 is 2.05 bits per heavy atom. The number of furan rings is 1. The number of hydrogen-bond donors (Lipinski definition) is 1. The molecule has 1 aromatic heterocycles. The Balaban J connectivity index is 1.84. The number of rotatable bonds is 5. The topological polar surface area (TPSA) is 51.5 Å². The SMILES string of the molecule is COC(=O)c1coc(CNCc2ccc(F)cc2)c1. The fourth-order valence-corrected chi connectivity index (χ4v) is 1.63. The Labute approximate surface area is 110 Å². The normalized spacial score (nSPS) is 10.4. The summed E-state index contributed by atoms with van der Waals surface area (Å²) in [5.41, 5.74) is 1.36. The van der Waals surface area contributed by atoms with Gasteiger partial charge in [0.25, 0.3) is 0 Å². The molecule has 0 amide bonds. The van der Waals surface area contributed by atoms with Gasteiger partial charge in [-0.15, -0.1) is 0 Å². The summed E-state index contributed by atoms with van der Waals surface area (Å²) in [5.74, 6) is -0.0337. The van der Waals surface area contributed by atoms with Gasteiger partial charge in [0.2, 0.25) is 0 Å². The first-order chi connectivity index (χ1) is 9.19. The quantitative estimate of drug-likeness (QED) is 0.842. The van der Waals surface area contributed by atoms with Crippen molar-refractivity contribution in [3.63, 3.8) is 0 Å². The monoisotopic (exact) mass is 263 g/mol. The summed E-state index contributed by atoms with van der Waals surface area (Å²) in [7, 11) is 1.32. The van der Waals surface area contributed by atoms with Crippen molar-refractivity contribution in [1.29, 1.82) is 0 Å². The summed E-state index contributed by atoms with van der Waals surface area (Å²) in [5, 5.41) is 3.14. The van der Waals surface area contributed by atoms with Gasteiger partial charge in [0, 0.05) is 6.54 Å². The summed E-state index contributed by atoms with van der Waals surface area (Å²) >= 11 is 0. The molecule has 0 unspecified atom stereocenters. The maximum Gasteiger partial charge on any atom is 0.341 e. The van der Waals surface area contributed by atoms with Crippen LogP contribution in [-0.2, 0) is 17.8 Å². The number of benzene rings is 1. The second-order valence-corrected chi connectivity index (χ2v) is 4.02. The molecule has 0 fully saturated rings. The highest BCUT2D eigenvalue weighted by molar-refractivity contribution is 5.88. The highest BCUT2D eigenvalue weighted by Gasteiger charge is 2.09. The number of nitrogens with one attached hydrogen (secondary N) is 1. The lowest BCUT2D eigenvalue weighted by Crippen LogP contribution is -2.12. The van der Waals surface area contributed by atoms with E-state index in [0.717, 1.165) is 5.56 Å². The minimum absolute atomic E-state index is 0.252. The van der Waals surface area contributed by atoms with E-state index in [0.29, 0.717) is 24.4 Å². The van der Waals surface area contributed by atoms with Gasteiger partial charge in [-0.2, -0.15) is 0 Å². The van der Waals surface area contributed by atoms with Gasteiger partial charge in [0.05, 0.1) is 19.2 Å². The largest absolute Gasteiger partial charge is 0.467 e. The number of carbonyl (C=O) groups excluding carboxylic acids is 1. The Kier molecular flexibility index (Phi) is 4.30. The molecule has 5 heteroatoms. The van der Waals surface area contributed by atoms with Gasteiger partial charge in [-0.25, -0.2) is 9.18 Å². The van der Waals surface area contributed by atoms with Crippen molar-refractivity contribution in [3.8, 4) is 0 Å². The summed E-state index contributed by atoms with van der Waals surface area (Å²) in [6.45, 7) is 1.07. The number of halogens is 1. The molecular formula is C14H14FNO3. The van der Waals surface area contributed by atoms with Crippen LogP contribution >= 0.6 is 0 Å². The van der Waals surface area contributed by atoms with Gasteiger partial charge >= 0.3 is 5.97 Å². The highest BCUT2D eigenvalue weighted by atomic mass is 19.1. The van der Waals surface area contributed by atoms with E-state index in [1.807, 2.05) is 0 Å². The van der Waals surface area contributed by atoms with Gasteiger partial charge in [-0.3, -0.25) is 0 Å². The number of carbonyl (C=O) groups is 1.